The molecule has 2 amide bonds. The van der Waals surface area contributed by atoms with Gasteiger partial charge in [-0.05, 0) is 37.6 Å². The van der Waals surface area contributed by atoms with Crippen molar-refractivity contribution in [3.63, 3.8) is 0 Å². The smallest absolute Gasteiger partial charge is 0.339 e. The van der Waals surface area contributed by atoms with Crippen LogP contribution in [-0.4, -0.2) is 35.8 Å². The molecule has 146 valence electrons. The third-order valence-electron chi connectivity index (χ3n) is 4.68. The molecule has 0 aliphatic carbocycles. The van der Waals surface area contributed by atoms with Gasteiger partial charge in [-0.15, -0.1) is 0 Å². The Kier molecular flexibility index (Phi) is 5.99. The van der Waals surface area contributed by atoms with E-state index in [9.17, 15) is 14.4 Å². The number of esters is 1. The summed E-state index contributed by atoms with van der Waals surface area (Å²) < 4.78 is 5.32. The van der Waals surface area contributed by atoms with Gasteiger partial charge < -0.3 is 15.0 Å². The molecule has 0 saturated heterocycles. The number of ether oxygens (including phenoxy) is 1. The SMILES string of the molecule is CCN(CC(=O)Nc1cc(Cl)ccc1C)C(=O)C[C@H]1OC(=O)c2ccccc21. The molecule has 6 nitrogen and oxygen atoms in total. The zero-order chi connectivity index (χ0) is 20.3. The first-order chi connectivity index (χ1) is 13.4. The van der Waals surface area contributed by atoms with Crippen LogP contribution >= 0.6 is 11.6 Å². The third kappa shape index (κ3) is 4.34. The fraction of sp³-hybridized carbons (Fsp3) is 0.286. The number of hydrogen-bond acceptors (Lipinski definition) is 4. The van der Waals surface area contributed by atoms with Gasteiger partial charge in [-0.3, -0.25) is 9.59 Å². The van der Waals surface area contributed by atoms with Crippen LogP contribution in [0.4, 0.5) is 5.69 Å². The molecule has 28 heavy (non-hydrogen) atoms. The number of likely N-dealkylation sites (N-methyl/N-ethyl adjacent to an activating group) is 1. The lowest BCUT2D eigenvalue weighted by atomic mass is 10.0. The van der Waals surface area contributed by atoms with Crippen molar-refractivity contribution in [2.75, 3.05) is 18.4 Å². The Morgan fingerprint density at radius 2 is 1.96 bits per heavy atom. The number of benzene rings is 2. The zero-order valence-corrected chi connectivity index (χ0v) is 16.5. The van der Waals surface area contributed by atoms with E-state index in [-0.39, 0.29) is 24.8 Å². The summed E-state index contributed by atoms with van der Waals surface area (Å²) in [5.74, 6) is -0.995. The molecule has 0 radical (unpaired) electrons. The zero-order valence-electron chi connectivity index (χ0n) is 15.7. The minimum absolute atomic E-state index is 0.0000657. The molecular weight excluding hydrogens is 380 g/mol. The van der Waals surface area contributed by atoms with E-state index in [1.807, 2.05) is 13.0 Å². The van der Waals surface area contributed by atoms with Gasteiger partial charge in [-0.1, -0.05) is 35.9 Å². The Bertz CT molecular complexity index is 928. The molecule has 0 bridgehead atoms. The number of hydrogen-bond donors (Lipinski definition) is 1. The average molecular weight is 401 g/mol. The summed E-state index contributed by atoms with van der Waals surface area (Å²) in [6, 6.07) is 12.2. The summed E-state index contributed by atoms with van der Waals surface area (Å²) in [5, 5.41) is 3.30. The Balaban J connectivity index is 1.63. The Labute approximate surface area is 168 Å². The predicted molar refractivity (Wildman–Crippen MR) is 106 cm³/mol. The molecule has 1 heterocycles. The van der Waals surface area contributed by atoms with Crippen molar-refractivity contribution in [2.45, 2.75) is 26.4 Å². The van der Waals surface area contributed by atoms with Crippen molar-refractivity contribution >= 4 is 35.1 Å². The molecule has 3 rings (SSSR count). The Hall–Kier alpha value is -2.86. The van der Waals surface area contributed by atoms with Crippen molar-refractivity contribution in [3.05, 3.63) is 64.2 Å². The van der Waals surface area contributed by atoms with E-state index in [4.69, 9.17) is 16.3 Å². The van der Waals surface area contributed by atoms with E-state index in [2.05, 4.69) is 5.32 Å². The Morgan fingerprint density at radius 1 is 1.21 bits per heavy atom. The summed E-state index contributed by atoms with van der Waals surface area (Å²) in [6.07, 6.45) is -0.622. The van der Waals surface area contributed by atoms with Crippen molar-refractivity contribution < 1.29 is 19.1 Å². The molecule has 0 saturated carbocycles. The summed E-state index contributed by atoms with van der Waals surface area (Å²) >= 11 is 5.97. The molecule has 2 aromatic carbocycles. The first kappa shape index (κ1) is 19.9. The number of carbonyl (C=O) groups is 3. The minimum atomic E-state index is -0.622. The van der Waals surface area contributed by atoms with E-state index in [1.165, 1.54) is 4.90 Å². The van der Waals surface area contributed by atoms with Gasteiger partial charge in [-0.25, -0.2) is 4.79 Å². The molecule has 0 fully saturated rings. The monoisotopic (exact) mass is 400 g/mol. The number of rotatable bonds is 6. The van der Waals surface area contributed by atoms with Gasteiger partial charge in [0.1, 0.15) is 6.10 Å². The maximum absolute atomic E-state index is 12.7. The average Bonchev–Trinajstić information content (AvgIpc) is 2.98. The molecule has 1 aliphatic heterocycles. The minimum Gasteiger partial charge on any atom is -0.453 e. The van der Waals surface area contributed by atoms with Crippen LogP contribution in [-0.2, 0) is 14.3 Å². The number of cyclic esters (lactones) is 1. The van der Waals surface area contributed by atoms with Crippen LogP contribution < -0.4 is 5.32 Å². The molecule has 0 spiro atoms. The van der Waals surface area contributed by atoms with Gasteiger partial charge in [0.15, 0.2) is 0 Å². The standard InChI is InChI=1S/C21H21ClN2O4/c1-3-24(12-19(25)23-17-10-14(22)9-8-13(17)2)20(26)11-18-15-6-4-5-7-16(15)21(27)28-18/h4-10,18H,3,11-12H2,1-2H3,(H,23,25)/t18-/m1/s1. The van der Waals surface area contributed by atoms with Crippen molar-refractivity contribution in [3.8, 4) is 0 Å². The quantitative estimate of drug-likeness (QED) is 0.749. The van der Waals surface area contributed by atoms with Gasteiger partial charge in [0.25, 0.3) is 0 Å². The van der Waals surface area contributed by atoms with Gasteiger partial charge in [0, 0.05) is 22.8 Å². The van der Waals surface area contributed by atoms with Crippen molar-refractivity contribution in [2.24, 2.45) is 0 Å². The maximum atomic E-state index is 12.7. The van der Waals surface area contributed by atoms with Crippen LogP contribution in [0.25, 0.3) is 0 Å². The molecule has 7 heteroatoms. The third-order valence-corrected chi connectivity index (χ3v) is 4.91. The molecule has 1 aliphatic rings. The summed E-state index contributed by atoms with van der Waals surface area (Å²) in [7, 11) is 0. The number of amides is 2. The van der Waals surface area contributed by atoms with Crippen LogP contribution in [0.2, 0.25) is 5.02 Å². The number of nitrogens with one attached hydrogen (secondary N) is 1. The number of halogens is 1. The van der Waals surface area contributed by atoms with E-state index in [1.54, 1.807) is 43.3 Å². The van der Waals surface area contributed by atoms with Crippen molar-refractivity contribution in [1.82, 2.24) is 4.90 Å². The van der Waals surface area contributed by atoms with E-state index in [0.717, 1.165) is 5.56 Å². The highest BCUT2D eigenvalue weighted by molar-refractivity contribution is 6.31. The normalized spacial score (nSPS) is 15.0. The lowest BCUT2D eigenvalue weighted by Crippen LogP contribution is -2.38. The van der Waals surface area contributed by atoms with Crippen molar-refractivity contribution in [1.29, 1.82) is 0 Å². The highest BCUT2D eigenvalue weighted by atomic mass is 35.5. The fourth-order valence-electron chi connectivity index (χ4n) is 3.13. The first-order valence-corrected chi connectivity index (χ1v) is 9.40. The Morgan fingerprint density at radius 3 is 2.71 bits per heavy atom. The van der Waals surface area contributed by atoms with Gasteiger partial charge in [0.2, 0.25) is 11.8 Å². The second-order valence-corrected chi connectivity index (χ2v) is 7.04. The maximum Gasteiger partial charge on any atom is 0.339 e. The van der Waals surface area contributed by atoms with Crippen LogP contribution in [0, 0.1) is 6.92 Å². The second kappa shape index (κ2) is 8.44. The number of carbonyl (C=O) groups excluding carboxylic acids is 3. The second-order valence-electron chi connectivity index (χ2n) is 6.60. The molecule has 2 aromatic rings. The van der Waals surface area contributed by atoms with Gasteiger partial charge in [-0.2, -0.15) is 0 Å². The number of aryl methyl sites for hydroxylation is 1. The number of anilines is 1. The first-order valence-electron chi connectivity index (χ1n) is 9.02. The molecular formula is C21H21ClN2O4. The predicted octanol–water partition coefficient (Wildman–Crippen LogP) is 3.74. The summed E-state index contributed by atoms with van der Waals surface area (Å²) in [6.45, 7) is 3.93. The molecule has 0 unspecified atom stereocenters. The van der Waals surface area contributed by atoms with Crippen LogP contribution in [0.5, 0.6) is 0 Å². The highest BCUT2D eigenvalue weighted by Gasteiger charge is 2.33. The number of nitrogens with zero attached hydrogens (tertiary/aromatic N) is 1. The lowest BCUT2D eigenvalue weighted by molar-refractivity contribution is -0.136. The van der Waals surface area contributed by atoms with Gasteiger partial charge in [0.05, 0.1) is 18.5 Å². The van der Waals surface area contributed by atoms with E-state index in [0.29, 0.717) is 28.4 Å². The lowest BCUT2D eigenvalue weighted by Gasteiger charge is -2.22. The number of fused-ring (bicyclic) bond motifs is 1. The van der Waals surface area contributed by atoms with Crippen LogP contribution in [0.1, 0.15) is 40.9 Å². The summed E-state index contributed by atoms with van der Waals surface area (Å²) in [5.41, 5.74) is 2.68. The van der Waals surface area contributed by atoms with Crippen LogP contribution in [0.15, 0.2) is 42.5 Å². The molecule has 0 aromatic heterocycles. The van der Waals surface area contributed by atoms with Gasteiger partial charge >= 0.3 is 5.97 Å². The molecule has 1 atom stereocenters. The topological polar surface area (TPSA) is 75.7 Å². The molecule has 1 N–H and O–H groups in total. The van der Waals surface area contributed by atoms with E-state index < -0.39 is 12.1 Å². The van der Waals surface area contributed by atoms with Crippen LogP contribution in [0.3, 0.4) is 0 Å². The highest BCUT2D eigenvalue weighted by Crippen LogP contribution is 2.33. The fourth-order valence-corrected chi connectivity index (χ4v) is 3.30. The largest absolute Gasteiger partial charge is 0.453 e. The summed E-state index contributed by atoms with van der Waals surface area (Å²) in [4.78, 5) is 38.4. The van der Waals surface area contributed by atoms with E-state index >= 15 is 0 Å².